The molecule has 3 aromatic carbocycles. The Morgan fingerprint density at radius 1 is 1.13 bits per heavy atom. The molecule has 198 valence electrons. The van der Waals surface area contributed by atoms with Gasteiger partial charge in [-0.2, -0.15) is 0 Å². The lowest BCUT2D eigenvalue weighted by Gasteiger charge is -2.34. The molecule has 3 N–H and O–H groups in total. The lowest BCUT2D eigenvalue weighted by molar-refractivity contribution is -0.117. The van der Waals surface area contributed by atoms with Crippen LogP contribution in [0.5, 0.6) is 5.75 Å². The Kier molecular flexibility index (Phi) is 8.34. The van der Waals surface area contributed by atoms with Crippen LogP contribution in [0.15, 0.2) is 66.7 Å². The van der Waals surface area contributed by atoms with Crippen LogP contribution in [-0.4, -0.2) is 65.8 Å². The van der Waals surface area contributed by atoms with E-state index in [-0.39, 0.29) is 18.6 Å². The number of para-hydroxylation sites is 1. The van der Waals surface area contributed by atoms with Crippen LogP contribution in [0.1, 0.15) is 17.5 Å². The number of thiazole rings is 1. The van der Waals surface area contributed by atoms with Crippen molar-refractivity contribution in [2.45, 2.75) is 32.4 Å². The number of fused-ring (bicyclic) bond motifs is 1. The maximum Gasteiger partial charge on any atom is 0.226 e. The van der Waals surface area contributed by atoms with Crippen molar-refractivity contribution in [3.8, 4) is 16.3 Å². The van der Waals surface area contributed by atoms with Crippen LogP contribution in [-0.2, 0) is 4.79 Å². The minimum absolute atomic E-state index is 0.00171. The topological polar surface area (TPSA) is 86.7 Å². The van der Waals surface area contributed by atoms with Gasteiger partial charge in [-0.05, 0) is 37.1 Å². The zero-order chi connectivity index (χ0) is 26.5. The molecule has 7 nitrogen and oxygen atoms in total. The Morgan fingerprint density at radius 3 is 2.68 bits per heavy atom. The molecule has 1 aliphatic heterocycles. The van der Waals surface area contributed by atoms with Crippen molar-refractivity contribution in [3.05, 3.63) is 77.9 Å². The monoisotopic (exact) mass is 530 g/mol. The number of anilines is 1. The van der Waals surface area contributed by atoms with E-state index in [0.717, 1.165) is 56.4 Å². The second-order valence-corrected chi connectivity index (χ2v) is 10.9. The molecule has 2 unspecified atom stereocenters. The largest absolute Gasteiger partial charge is 0.489 e. The van der Waals surface area contributed by atoms with Gasteiger partial charge in [-0.1, -0.05) is 54.6 Å². The van der Waals surface area contributed by atoms with E-state index in [2.05, 4.69) is 27.7 Å². The second kappa shape index (κ2) is 12.0. The van der Waals surface area contributed by atoms with Crippen molar-refractivity contribution >= 4 is 33.1 Å². The fourth-order valence-electron chi connectivity index (χ4n) is 4.90. The van der Waals surface area contributed by atoms with E-state index in [1.807, 2.05) is 68.4 Å². The third-order valence-corrected chi connectivity index (χ3v) is 7.95. The fraction of sp³-hybridized carbons (Fsp3) is 0.333. The number of benzene rings is 3. The Balaban J connectivity index is 1.13. The molecule has 0 aliphatic carbocycles. The molecule has 5 rings (SSSR count). The number of hydrogen-bond acceptors (Lipinski definition) is 7. The van der Waals surface area contributed by atoms with Gasteiger partial charge in [-0.15, -0.1) is 11.3 Å². The molecule has 0 radical (unpaired) electrons. The van der Waals surface area contributed by atoms with Crippen LogP contribution in [0.2, 0.25) is 0 Å². The van der Waals surface area contributed by atoms with Crippen molar-refractivity contribution in [1.29, 1.82) is 0 Å². The number of nitrogens with zero attached hydrogens (tertiary/aromatic N) is 2. The predicted octanol–water partition coefficient (Wildman–Crippen LogP) is 4.62. The highest BCUT2D eigenvalue weighted by Gasteiger charge is 2.24. The molecule has 1 aliphatic rings. The van der Waals surface area contributed by atoms with Crippen LogP contribution < -0.4 is 15.4 Å². The molecule has 2 atom stereocenters. The molecule has 1 fully saturated rings. The standard InChI is InChI=1S/C30H34N4O3S/c1-20-8-6-9-21(2)28(20)33-27(36)16-23-17-34(15-14-31-23)18-24(35)19-37-26-13-7-12-25-29(26)38-30(32-25)22-10-4-3-5-11-22/h3-13,23-24,31,35H,14-19H2,1-2H3,(H,33,36). The number of carbonyl (C=O) groups excluding carboxylic acids is 1. The van der Waals surface area contributed by atoms with Crippen LogP contribution in [0.4, 0.5) is 5.69 Å². The van der Waals surface area contributed by atoms with E-state index in [4.69, 9.17) is 9.72 Å². The van der Waals surface area contributed by atoms with Gasteiger partial charge in [0.25, 0.3) is 0 Å². The molecule has 1 amide bonds. The highest BCUT2D eigenvalue weighted by atomic mass is 32.1. The number of aryl methyl sites for hydroxylation is 2. The summed E-state index contributed by atoms with van der Waals surface area (Å²) in [6.45, 7) is 6.98. The first kappa shape index (κ1) is 26.3. The SMILES string of the molecule is Cc1cccc(C)c1NC(=O)CC1CN(CC(O)COc2cccc3nc(-c4ccccc4)sc23)CCN1. The average molecular weight is 531 g/mol. The summed E-state index contributed by atoms with van der Waals surface area (Å²) < 4.78 is 7.05. The zero-order valence-electron chi connectivity index (χ0n) is 21.8. The van der Waals surface area contributed by atoms with Crippen molar-refractivity contribution in [1.82, 2.24) is 15.2 Å². The number of aliphatic hydroxyl groups excluding tert-OH is 1. The van der Waals surface area contributed by atoms with Gasteiger partial charge < -0.3 is 20.5 Å². The van der Waals surface area contributed by atoms with E-state index in [9.17, 15) is 9.90 Å². The minimum Gasteiger partial charge on any atom is -0.489 e. The Labute approximate surface area is 227 Å². The number of hydrogen-bond donors (Lipinski definition) is 3. The van der Waals surface area contributed by atoms with Gasteiger partial charge in [0.2, 0.25) is 5.91 Å². The smallest absolute Gasteiger partial charge is 0.226 e. The maximum absolute atomic E-state index is 12.7. The van der Waals surface area contributed by atoms with Gasteiger partial charge in [0.15, 0.2) is 0 Å². The number of nitrogens with one attached hydrogen (secondary N) is 2. The summed E-state index contributed by atoms with van der Waals surface area (Å²) in [7, 11) is 0. The van der Waals surface area contributed by atoms with Crippen LogP contribution in [0.25, 0.3) is 20.8 Å². The lowest BCUT2D eigenvalue weighted by atomic mass is 10.1. The summed E-state index contributed by atoms with van der Waals surface area (Å²) in [4.78, 5) is 19.7. The molecule has 0 bridgehead atoms. The maximum atomic E-state index is 12.7. The Bertz CT molecular complexity index is 1370. The summed E-state index contributed by atoms with van der Waals surface area (Å²) in [6, 6.07) is 22.0. The second-order valence-electron chi connectivity index (χ2n) is 9.88. The molecule has 1 saturated heterocycles. The first-order chi connectivity index (χ1) is 18.5. The summed E-state index contributed by atoms with van der Waals surface area (Å²) in [6.07, 6.45) is -0.262. The first-order valence-corrected chi connectivity index (χ1v) is 13.9. The number of aromatic nitrogens is 1. The van der Waals surface area contributed by atoms with Crippen molar-refractivity contribution < 1.29 is 14.6 Å². The van der Waals surface area contributed by atoms with Crippen LogP contribution in [0.3, 0.4) is 0 Å². The summed E-state index contributed by atoms with van der Waals surface area (Å²) >= 11 is 1.60. The molecule has 8 heteroatoms. The molecule has 4 aromatic rings. The summed E-state index contributed by atoms with van der Waals surface area (Å²) in [5.41, 5.74) is 4.99. The fourth-order valence-corrected chi connectivity index (χ4v) is 5.94. The molecular weight excluding hydrogens is 496 g/mol. The van der Waals surface area contributed by atoms with Gasteiger partial charge in [0.05, 0.1) is 10.2 Å². The molecule has 38 heavy (non-hydrogen) atoms. The highest BCUT2D eigenvalue weighted by molar-refractivity contribution is 7.22. The molecule has 0 saturated carbocycles. The number of amides is 1. The van der Waals surface area contributed by atoms with Crippen molar-refractivity contribution in [3.63, 3.8) is 0 Å². The van der Waals surface area contributed by atoms with Gasteiger partial charge in [0.1, 0.15) is 23.5 Å². The number of β-amino-alcohol motifs (C(OH)–C–C–N with tert-alkyl or cyclic N) is 1. The van der Waals surface area contributed by atoms with Crippen LogP contribution >= 0.6 is 11.3 Å². The molecular formula is C30H34N4O3S. The Morgan fingerprint density at radius 2 is 1.89 bits per heavy atom. The first-order valence-electron chi connectivity index (χ1n) is 13.0. The molecule has 2 heterocycles. The predicted molar refractivity (Wildman–Crippen MR) is 154 cm³/mol. The van der Waals surface area contributed by atoms with E-state index < -0.39 is 6.10 Å². The van der Waals surface area contributed by atoms with E-state index in [0.29, 0.717) is 19.5 Å². The number of aliphatic hydroxyl groups is 1. The third-order valence-electron chi connectivity index (χ3n) is 6.82. The van der Waals surface area contributed by atoms with E-state index >= 15 is 0 Å². The van der Waals surface area contributed by atoms with Gasteiger partial charge in [-0.3, -0.25) is 9.69 Å². The van der Waals surface area contributed by atoms with Crippen molar-refractivity contribution in [2.24, 2.45) is 0 Å². The van der Waals surface area contributed by atoms with Gasteiger partial charge in [0, 0.05) is 49.9 Å². The molecule has 0 spiro atoms. The van der Waals surface area contributed by atoms with E-state index in [1.165, 1.54) is 0 Å². The number of ether oxygens (including phenoxy) is 1. The third kappa shape index (κ3) is 6.39. The summed E-state index contributed by atoms with van der Waals surface area (Å²) in [5, 5.41) is 18.2. The van der Waals surface area contributed by atoms with Gasteiger partial charge in [-0.25, -0.2) is 4.98 Å². The number of carbonyl (C=O) groups is 1. The average Bonchev–Trinajstić information content (AvgIpc) is 3.36. The normalized spacial score (nSPS) is 16.9. The quantitative estimate of drug-likeness (QED) is 0.293. The van der Waals surface area contributed by atoms with Crippen LogP contribution in [0, 0.1) is 13.8 Å². The van der Waals surface area contributed by atoms with E-state index in [1.54, 1.807) is 11.3 Å². The van der Waals surface area contributed by atoms with Gasteiger partial charge >= 0.3 is 0 Å². The lowest BCUT2D eigenvalue weighted by Crippen LogP contribution is -2.53. The summed E-state index contributed by atoms with van der Waals surface area (Å²) in [5.74, 6) is 0.737. The molecule has 1 aromatic heterocycles. The number of rotatable bonds is 9. The van der Waals surface area contributed by atoms with Crippen molar-refractivity contribution in [2.75, 3.05) is 38.1 Å². The highest BCUT2D eigenvalue weighted by Crippen LogP contribution is 2.35. The zero-order valence-corrected chi connectivity index (χ0v) is 22.6. The number of piperazine rings is 1. The minimum atomic E-state index is -0.644. The Hall–Kier alpha value is -3.30.